The molecule has 0 heterocycles. The number of hydrogen-bond acceptors (Lipinski definition) is 3. The first kappa shape index (κ1) is 15.6. The second-order valence-corrected chi connectivity index (χ2v) is 4.20. The van der Waals surface area contributed by atoms with Crippen molar-refractivity contribution in [3.8, 4) is 11.5 Å². The van der Waals surface area contributed by atoms with Gasteiger partial charge in [0, 0.05) is 17.7 Å². The molecule has 0 aliphatic carbocycles. The fraction of sp³-hybridized carbons (Fsp3) is 0.538. The Hall–Kier alpha value is -1.43. The molecule has 1 atom stereocenters. The normalized spacial score (nSPS) is 13.2. The van der Waals surface area contributed by atoms with Gasteiger partial charge in [0.15, 0.2) is 0 Å². The SMILES string of the molecule is CCCC[C@@H](N)c1ccc(OC(F)(F)F)cc1OC. The maximum absolute atomic E-state index is 12.1. The first-order valence-electron chi connectivity index (χ1n) is 6.06. The van der Waals surface area contributed by atoms with E-state index < -0.39 is 6.36 Å². The molecule has 1 aromatic carbocycles. The zero-order valence-electron chi connectivity index (χ0n) is 11.0. The van der Waals surface area contributed by atoms with Crippen LogP contribution in [0.25, 0.3) is 0 Å². The minimum absolute atomic E-state index is 0.255. The lowest BCUT2D eigenvalue weighted by Gasteiger charge is -2.17. The van der Waals surface area contributed by atoms with Crippen molar-refractivity contribution in [3.63, 3.8) is 0 Å². The van der Waals surface area contributed by atoms with Crippen LogP contribution in [0, 0.1) is 0 Å². The van der Waals surface area contributed by atoms with Gasteiger partial charge in [-0.1, -0.05) is 25.8 Å². The highest BCUT2D eigenvalue weighted by molar-refractivity contribution is 5.42. The third kappa shape index (κ3) is 4.98. The monoisotopic (exact) mass is 277 g/mol. The van der Waals surface area contributed by atoms with Gasteiger partial charge < -0.3 is 15.2 Å². The number of halogens is 3. The van der Waals surface area contributed by atoms with Crippen molar-refractivity contribution in [1.82, 2.24) is 0 Å². The van der Waals surface area contributed by atoms with Gasteiger partial charge in [-0.25, -0.2) is 0 Å². The van der Waals surface area contributed by atoms with Crippen LogP contribution < -0.4 is 15.2 Å². The molecule has 2 N–H and O–H groups in total. The second-order valence-electron chi connectivity index (χ2n) is 4.20. The van der Waals surface area contributed by atoms with Crippen molar-refractivity contribution in [1.29, 1.82) is 0 Å². The van der Waals surface area contributed by atoms with Gasteiger partial charge in [-0.3, -0.25) is 0 Å². The molecule has 1 aromatic rings. The van der Waals surface area contributed by atoms with Crippen LogP contribution in [-0.4, -0.2) is 13.5 Å². The Kier molecular flexibility index (Phi) is 5.47. The van der Waals surface area contributed by atoms with Gasteiger partial charge in [-0.05, 0) is 12.5 Å². The number of unbranched alkanes of at least 4 members (excludes halogenated alkanes) is 1. The van der Waals surface area contributed by atoms with E-state index in [1.807, 2.05) is 6.92 Å². The molecule has 0 fully saturated rings. The highest BCUT2D eigenvalue weighted by Gasteiger charge is 2.31. The summed E-state index contributed by atoms with van der Waals surface area (Å²) in [5.74, 6) is 0.00106. The number of ether oxygens (including phenoxy) is 2. The summed E-state index contributed by atoms with van der Waals surface area (Å²) < 4.78 is 45.3. The zero-order chi connectivity index (χ0) is 14.5. The largest absolute Gasteiger partial charge is 0.573 e. The third-order valence-electron chi connectivity index (χ3n) is 2.71. The number of hydrogen-bond donors (Lipinski definition) is 1. The van der Waals surface area contributed by atoms with E-state index in [2.05, 4.69) is 4.74 Å². The van der Waals surface area contributed by atoms with E-state index in [0.29, 0.717) is 11.3 Å². The van der Waals surface area contributed by atoms with Crippen molar-refractivity contribution in [3.05, 3.63) is 23.8 Å². The van der Waals surface area contributed by atoms with Crippen molar-refractivity contribution in [2.24, 2.45) is 5.73 Å². The molecule has 1 rings (SSSR count). The van der Waals surface area contributed by atoms with E-state index in [0.717, 1.165) is 19.3 Å². The summed E-state index contributed by atoms with van der Waals surface area (Å²) in [6.45, 7) is 2.05. The fourth-order valence-electron chi connectivity index (χ4n) is 1.77. The van der Waals surface area contributed by atoms with Gasteiger partial charge in [0.05, 0.1) is 7.11 Å². The molecular formula is C13H18F3NO2. The predicted octanol–water partition coefficient (Wildman–Crippen LogP) is 3.78. The van der Waals surface area contributed by atoms with E-state index >= 15 is 0 Å². The van der Waals surface area contributed by atoms with Crippen LogP contribution in [0.3, 0.4) is 0 Å². The Morgan fingerprint density at radius 1 is 1.32 bits per heavy atom. The van der Waals surface area contributed by atoms with Crippen LogP contribution in [-0.2, 0) is 0 Å². The Bertz CT molecular complexity index is 407. The van der Waals surface area contributed by atoms with E-state index in [1.54, 1.807) is 0 Å². The standard InChI is InChI=1S/C13H18F3NO2/c1-3-4-5-11(17)10-7-6-9(8-12(10)18-2)19-13(14,15)16/h6-8,11H,3-5,17H2,1-2H3/t11-/m1/s1. The molecule has 0 spiro atoms. The summed E-state index contributed by atoms with van der Waals surface area (Å²) >= 11 is 0. The van der Waals surface area contributed by atoms with Crippen molar-refractivity contribution in [2.45, 2.75) is 38.6 Å². The van der Waals surface area contributed by atoms with Gasteiger partial charge in [0.1, 0.15) is 11.5 Å². The van der Waals surface area contributed by atoms with Crippen LogP contribution in [0.1, 0.15) is 37.8 Å². The molecule has 3 nitrogen and oxygen atoms in total. The van der Waals surface area contributed by atoms with E-state index in [4.69, 9.17) is 10.5 Å². The van der Waals surface area contributed by atoms with Gasteiger partial charge in [0.2, 0.25) is 0 Å². The van der Waals surface area contributed by atoms with E-state index in [9.17, 15) is 13.2 Å². The molecule has 0 aromatic heterocycles. The summed E-state index contributed by atoms with van der Waals surface area (Å²) in [6.07, 6.45) is -2.00. The Labute approximate surface area is 110 Å². The van der Waals surface area contributed by atoms with Crippen LogP contribution >= 0.6 is 0 Å². The fourth-order valence-corrected chi connectivity index (χ4v) is 1.77. The van der Waals surface area contributed by atoms with Gasteiger partial charge in [-0.15, -0.1) is 13.2 Å². The van der Waals surface area contributed by atoms with Gasteiger partial charge in [0.25, 0.3) is 0 Å². The Morgan fingerprint density at radius 3 is 2.53 bits per heavy atom. The lowest BCUT2D eigenvalue weighted by molar-refractivity contribution is -0.274. The number of alkyl halides is 3. The highest BCUT2D eigenvalue weighted by atomic mass is 19.4. The molecule has 0 aliphatic heterocycles. The molecule has 0 saturated carbocycles. The summed E-state index contributed by atoms with van der Waals surface area (Å²) in [4.78, 5) is 0. The smallest absolute Gasteiger partial charge is 0.496 e. The Balaban J connectivity index is 2.90. The first-order valence-corrected chi connectivity index (χ1v) is 6.06. The average molecular weight is 277 g/mol. The second kappa shape index (κ2) is 6.65. The number of benzene rings is 1. The van der Waals surface area contributed by atoms with Crippen molar-refractivity contribution >= 4 is 0 Å². The van der Waals surface area contributed by atoms with Gasteiger partial charge >= 0.3 is 6.36 Å². The lowest BCUT2D eigenvalue weighted by Crippen LogP contribution is -2.17. The predicted molar refractivity (Wildman–Crippen MR) is 66.1 cm³/mol. The van der Waals surface area contributed by atoms with Crippen LogP contribution in [0.2, 0.25) is 0 Å². The summed E-state index contributed by atoms with van der Waals surface area (Å²) in [5.41, 5.74) is 6.68. The van der Waals surface area contributed by atoms with Crippen LogP contribution in [0.5, 0.6) is 11.5 Å². The molecule has 0 saturated heterocycles. The number of nitrogens with two attached hydrogens (primary N) is 1. The van der Waals surface area contributed by atoms with Crippen LogP contribution in [0.15, 0.2) is 18.2 Å². The third-order valence-corrected chi connectivity index (χ3v) is 2.71. The maximum atomic E-state index is 12.1. The van der Waals surface area contributed by atoms with Crippen molar-refractivity contribution < 1.29 is 22.6 Å². The topological polar surface area (TPSA) is 44.5 Å². The molecule has 108 valence electrons. The van der Waals surface area contributed by atoms with Gasteiger partial charge in [-0.2, -0.15) is 0 Å². The zero-order valence-corrected chi connectivity index (χ0v) is 11.0. The summed E-state index contributed by atoms with van der Waals surface area (Å²) in [5, 5.41) is 0. The van der Waals surface area contributed by atoms with E-state index in [1.165, 1.54) is 25.3 Å². The molecule has 0 unspecified atom stereocenters. The number of methoxy groups -OCH3 is 1. The Morgan fingerprint density at radius 2 is 2.00 bits per heavy atom. The lowest BCUT2D eigenvalue weighted by atomic mass is 10.0. The summed E-state index contributed by atoms with van der Waals surface area (Å²) in [6, 6.07) is 3.71. The first-order chi connectivity index (χ1) is 8.87. The average Bonchev–Trinajstić information content (AvgIpc) is 2.33. The molecule has 0 amide bonds. The molecule has 0 radical (unpaired) electrons. The molecule has 19 heavy (non-hydrogen) atoms. The minimum atomic E-state index is -4.71. The maximum Gasteiger partial charge on any atom is 0.573 e. The van der Waals surface area contributed by atoms with Crippen LogP contribution in [0.4, 0.5) is 13.2 Å². The molecule has 0 aliphatic rings. The number of rotatable bonds is 6. The minimum Gasteiger partial charge on any atom is -0.496 e. The summed E-state index contributed by atoms with van der Waals surface area (Å²) in [7, 11) is 1.39. The molecule has 6 heteroatoms. The molecular weight excluding hydrogens is 259 g/mol. The quantitative estimate of drug-likeness (QED) is 0.860. The van der Waals surface area contributed by atoms with E-state index in [-0.39, 0.29) is 11.8 Å². The van der Waals surface area contributed by atoms with Crippen molar-refractivity contribution in [2.75, 3.05) is 7.11 Å². The molecule has 0 bridgehead atoms. The highest BCUT2D eigenvalue weighted by Crippen LogP contribution is 2.32.